The van der Waals surface area contributed by atoms with Gasteiger partial charge in [-0.15, -0.1) is 0 Å². The van der Waals surface area contributed by atoms with Crippen LogP contribution in [0.1, 0.15) is 56.7 Å². The van der Waals surface area contributed by atoms with Crippen molar-refractivity contribution < 1.29 is 15.0 Å². The number of hydrogen-bond acceptors (Lipinski definition) is 5. The lowest BCUT2D eigenvalue weighted by Gasteiger charge is -2.29. The third-order valence-corrected chi connectivity index (χ3v) is 8.03. The van der Waals surface area contributed by atoms with Crippen molar-refractivity contribution in [2.45, 2.75) is 75.8 Å². The molecule has 0 aliphatic heterocycles. The van der Waals surface area contributed by atoms with E-state index in [-0.39, 0.29) is 12.0 Å². The summed E-state index contributed by atoms with van der Waals surface area (Å²) in [5.74, 6) is -0.775. The molecule has 6 heteroatoms. The van der Waals surface area contributed by atoms with Crippen molar-refractivity contribution in [1.82, 2.24) is 9.62 Å². The third-order valence-electron chi connectivity index (χ3n) is 6.98. The molecular weight excluding hydrogens is 504 g/mol. The number of aliphatic carboxylic acids is 1. The Morgan fingerprint density at radius 1 is 0.974 bits per heavy atom. The summed E-state index contributed by atoms with van der Waals surface area (Å²) in [6.45, 7) is 7.70. The first kappa shape index (κ1) is 30.9. The lowest BCUT2D eigenvalue weighted by molar-refractivity contribution is -0.136. The molecule has 3 N–H and O–H groups in total. The molecule has 210 valence electrons. The number of hydrogen-bond donors (Lipinski definition) is 3. The van der Waals surface area contributed by atoms with Gasteiger partial charge >= 0.3 is 5.97 Å². The van der Waals surface area contributed by atoms with E-state index in [9.17, 15) is 9.90 Å². The predicted octanol–water partition coefficient (Wildman–Crippen LogP) is 6.62. The maximum absolute atomic E-state index is 10.9. The van der Waals surface area contributed by atoms with Crippen LogP contribution >= 0.6 is 11.9 Å². The second-order valence-electron chi connectivity index (χ2n) is 10.9. The largest absolute Gasteiger partial charge is 0.481 e. The van der Waals surface area contributed by atoms with Gasteiger partial charge in [-0.2, -0.15) is 0 Å². The molecule has 0 aliphatic carbocycles. The topological polar surface area (TPSA) is 72.8 Å². The Morgan fingerprint density at radius 2 is 1.69 bits per heavy atom. The smallest absolute Gasteiger partial charge is 0.303 e. The summed E-state index contributed by atoms with van der Waals surface area (Å²) in [6, 6.07) is 25.2. The van der Waals surface area contributed by atoms with Gasteiger partial charge in [0.25, 0.3) is 0 Å². The monoisotopic (exact) mass is 548 g/mol. The highest BCUT2D eigenvalue weighted by atomic mass is 32.2. The molecule has 3 aromatic carbocycles. The SMILES string of the molecule is CCc1cc(-c2cccc(CCC(=O)O)c2)ccc1SN(C)C[C@H](O)CNC(C)(C)CCCc1ccccc1. The zero-order valence-corrected chi connectivity index (χ0v) is 24.6. The standard InChI is InChI=1S/C33H44N2O3S/c1-5-27-22-29(28-15-9-13-26(21-28)16-19-32(37)38)17-18-31(27)39-35(4)24-30(36)23-34-33(2,3)20-10-14-25-11-7-6-8-12-25/h6-9,11-13,15,17-18,21-22,30,34,36H,5,10,14,16,19-20,23-24H2,1-4H3,(H,37,38)/t30-/m1/s1. The molecule has 0 saturated carbocycles. The minimum atomic E-state index is -0.775. The van der Waals surface area contributed by atoms with E-state index in [1.165, 1.54) is 16.0 Å². The number of carbonyl (C=O) groups is 1. The average molecular weight is 549 g/mol. The average Bonchev–Trinajstić information content (AvgIpc) is 2.91. The molecule has 0 heterocycles. The van der Waals surface area contributed by atoms with Gasteiger partial charge in [0.1, 0.15) is 0 Å². The fraction of sp³-hybridized carbons (Fsp3) is 0.424. The molecule has 5 nitrogen and oxygen atoms in total. The molecule has 0 aliphatic rings. The van der Waals surface area contributed by atoms with Crippen LogP contribution in [0.15, 0.2) is 77.7 Å². The quantitative estimate of drug-likeness (QED) is 0.175. The van der Waals surface area contributed by atoms with Gasteiger partial charge in [-0.05, 0) is 98.8 Å². The van der Waals surface area contributed by atoms with Crippen molar-refractivity contribution in [3.63, 3.8) is 0 Å². The van der Waals surface area contributed by atoms with Gasteiger partial charge in [-0.25, -0.2) is 4.31 Å². The number of carboxylic acids is 1. The van der Waals surface area contributed by atoms with Crippen molar-refractivity contribution in [3.8, 4) is 11.1 Å². The maximum Gasteiger partial charge on any atom is 0.303 e. The Morgan fingerprint density at radius 3 is 2.41 bits per heavy atom. The van der Waals surface area contributed by atoms with Gasteiger partial charge in [-0.1, -0.05) is 73.7 Å². The molecule has 1 atom stereocenters. The second-order valence-corrected chi connectivity index (χ2v) is 12.2. The number of rotatable bonds is 16. The zero-order chi connectivity index (χ0) is 28.3. The van der Waals surface area contributed by atoms with Gasteiger partial charge in [-0.3, -0.25) is 4.79 Å². The molecule has 0 saturated heterocycles. The number of benzene rings is 3. The number of aliphatic hydroxyl groups is 1. The van der Waals surface area contributed by atoms with E-state index in [4.69, 9.17) is 5.11 Å². The van der Waals surface area contributed by atoms with Gasteiger partial charge in [0.2, 0.25) is 0 Å². The number of aryl methyl sites for hydroxylation is 3. The lowest BCUT2D eigenvalue weighted by Crippen LogP contribution is -2.45. The van der Waals surface area contributed by atoms with E-state index in [2.05, 4.69) is 91.1 Å². The molecule has 3 rings (SSSR count). The Kier molecular flexibility index (Phi) is 12.1. The fourth-order valence-corrected chi connectivity index (χ4v) is 5.74. The van der Waals surface area contributed by atoms with E-state index in [1.807, 2.05) is 19.2 Å². The van der Waals surface area contributed by atoms with Crippen molar-refractivity contribution in [2.75, 3.05) is 20.1 Å². The minimum Gasteiger partial charge on any atom is -0.481 e. The Balaban J connectivity index is 1.50. The number of β-amino-alcohol motifs (C(OH)–C–C–N with tert-alkyl or cyclic N) is 1. The summed E-state index contributed by atoms with van der Waals surface area (Å²) in [7, 11) is 2.03. The molecule has 0 spiro atoms. The molecule has 0 aromatic heterocycles. The van der Waals surface area contributed by atoms with Crippen molar-refractivity contribution >= 4 is 17.9 Å². The predicted molar refractivity (Wildman–Crippen MR) is 163 cm³/mol. The van der Waals surface area contributed by atoms with E-state index >= 15 is 0 Å². The fourth-order valence-electron chi connectivity index (χ4n) is 4.71. The summed E-state index contributed by atoms with van der Waals surface area (Å²) in [5.41, 5.74) is 5.87. The zero-order valence-electron chi connectivity index (χ0n) is 23.8. The first-order valence-corrected chi connectivity index (χ1v) is 14.7. The first-order chi connectivity index (χ1) is 18.6. The van der Waals surface area contributed by atoms with E-state index in [0.717, 1.165) is 42.4 Å². The first-order valence-electron chi connectivity index (χ1n) is 14.0. The minimum absolute atomic E-state index is 0.0301. The lowest BCUT2D eigenvalue weighted by atomic mass is 9.95. The second kappa shape index (κ2) is 15.2. The Hall–Kier alpha value is -2.64. The summed E-state index contributed by atoms with van der Waals surface area (Å²) in [6.07, 6.45) is 4.34. The third kappa shape index (κ3) is 10.8. The molecule has 0 bridgehead atoms. The Bertz CT molecular complexity index is 1180. The van der Waals surface area contributed by atoms with Crippen LogP contribution in [0.3, 0.4) is 0 Å². The highest BCUT2D eigenvalue weighted by Gasteiger charge is 2.19. The van der Waals surface area contributed by atoms with Crippen LogP contribution in [-0.4, -0.2) is 52.3 Å². The van der Waals surface area contributed by atoms with Gasteiger partial charge < -0.3 is 15.5 Å². The van der Waals surface area contributed by atoms with E-state index in [1.54, 1.807) is 11.9 Å². The number of aliphatic hydroxyl groups excluding tert-OH is 1. The molecular formula is C33H44N2O3S. The van der Waals surface area contributed by atoms with Crippen molar-refractivity contribution in [1.29, 1.82) is 0 Å². The van der Waals surface area contributed by atoms with Gasteiger partial charge in [0.05, 0.1) is 6.10 Å². The van der Waals surface area contributed by atoms with Gasteiger partial charge in [0.15, 0.2) is 0 Å². The summed E-state index contributed by atoms with van der Waals surface area (Å²) >= 11 is 1.67. The highest BCUT2D eigenvalue weighted by molar-refractivity contribution is 7.97. The normalized spacial score (nSPS) is 12.6. The van der Waals surface area contributed by atoms with Crippen LogP contribution in [0, 0.1) is 0 Å². The number of nitrogens with one attached hydrogen (secondary N) is 1. The molecule has 0 fully saturated rings. The highest BCUT2D eigenvalue weighted by Crippen LogP contribution is 2.31. The Labute approximate surface area is 238 Å². The van der Waals surface area contributed by atoms with Crippen molar-refractivity contribution in [2.24, 2.45) is 0 Å². The van der Waals surface area contributed by atoms with Crippen LogP contribution in [0.5, 0.6) is 0 Å². The van der Waals surface area contributed by atoms with Crippen LogP contribution in [-0.2, 0) is 24.1 Å². The number of carboxylic acid groups (broad SMARTS) is 1. The number of nitrogens with zero attached hydrogens (tertiary/aromatic N) is 1. The van der Waals surface area contributed by atoms with E-state index in [0.29, 0.717) is 19.5 Å². The molecule has 3 aromatic rings. The van der Waals surface area contributed by atoms with Crippen LogP contribution in [0.2, 0.25) is 0 Å². The number of likely N-dealkylation sites (N-methyl/N-ethyl adjacent to an activating group) is 1. The molecule has 0 unspecified atom stereocenters. The van der Waals surface area contributed by atoms with E-state index < -0.39 is 12.1 Å². The molecule has 0 radical (unpaired) electrons. The molecule has 0 amide bonds. The van der Waals surface area contributed by atoms with Crippen LogP contribution < -0.4 is 5.32 Å². The van der Waals surface area contributed by atoms with Crippen LogP contribution in [0.4, 0.5) is 0 Å². The summed E-state index contributed by atoms with van der Waals surface area (Å²) in [4.78, 5) is 12.1. The molecule has 39 heavy (non-hydrogen) atoms. The van der Waals surface area contributed by atoms with Crippen LogP contribution in [0.25, 0.3) is 11.1 Å². The maximum atomic E-state index is 10.9. The van der Waals surface area contributed by atoms with Gasteiger partial charge in [0, 0.05) is 29.9 Å². The summed E-state index contributed by atoms with van der Waals surface area (Å²) in [5, 5.41) is 23.3. The van der Waals surface area contributed by atoms with Crippen molar-refractivity contribution in [3.05, 3.63) is 89.5 Å². The summed E-state index contributed by atoms with van der Waals surface area (Å²) < 4.78 is 2.11.